The van der Waals surface area contributed by atoms with Crippen LogP contribution >= 0.6 is 11.8 Å². The van der Waals surface area contributed by atoms with Crippen LogP contribution < -0.4 is 0 Å². The summed E-state index contributed by atoms with van der Waals surface area (Å²) in [7, 11) is 0. The number of hydrogen-bond donors (Lipinski definition) is 1. The highest BCUT2D eigenvalue weighted by atomic mass is 32.2. The van der Waals surface area contributed by atoms with Crippen molar-refractivity contribution in [3.8, 4) is 0 Å². The van der Waals surface area contributed by atoms with Gasteiger partial charge >= 0.3 is 0 Å². The van der Waals surface area contributed by atoms with Crippen molar-refractivity contribution in [1.82, 2.24) is 4.98 Å². The van der Waals surface area contributed by atoms with Crippen molar-refractivity contribution in [2.45, 2.75) is 42.7 Å². The van der Waals surface area contributed by atoms with Crippen LogP contribution in [0.2, 0.25) is 0 Å². The molecule has 1 aliphatic carbocycles. The molecule has 0 atom stereocenters. The molecule has 82 valence electrons. The smallest absolute Gasteiger partial charge is 0.102 e. The van der Waals surface area contributed by atoms with E-state index in [9.17, 15) is 5.11 Å². The summed E-state index contributed by atoms with van der Waals surface area (Å²) in [4.78, 5) is 4.32. The Hall–Kier alpha value is -0.540. The molecule has 1 aliphatic rings. The molecule has 1 saturated carbocycles. The van der Waals surface area contributed by atoms with Gasteiger partial charge in [0.2, 0.25) is 0 Å². The fraction of sp³-hybridized carbons (Fsp3) is 0.583. The Balaban J connectivity index is 2.34. The molecule has 1 N–H and O–H groups in total. The predicted octanol–water partition coefficient (Wildman–Crippen LogP) is 2.96. The first-order valence-electron chi connectivity index (χ1n) is 5.48. The Bertz CT molecular complexity index is 334. The van der Waals surface area contributed by atoms with Crippen LogP contribution in [-0.4, -0.2) is 16.3 Å². The molecule has 1 fully saturated rings. The van der Waals surface area contributed by atoms with Crippen molar-refractivity contribution in [1.29, 1.82) is 0 Å². The standard InChI is InChI=1S/C12H17NOS/c1-15-11-10(6-5-9-13-11)12(14)7-3-2-4-8-12/h5-6,9,14H,2-4,7-8H2,1H3. The molecule has 0 amide bonds. The molecule has 1 heterocycles. The third-order valence-electron chi connectivity index (χ3n) is 3.15. The lowest BCUT2D eigenvalue weighted by Crippen LogP contribution is -2.29. The highest BCUT2D eigenvalue weighted by molar-refractivity contribution is 7.98. The Kier molecular flexibility index (Phi) is 3.32. The summed E-state index contributed by atoms with van der Waals surface area (Å²) in [5, 5.41) is 11.6. The molecule has 0 unspecified atom stereocenters. The maximum Gasteiger partial charge on any atom is 0.102 e. The van der Waals surface area contributed by atoms with Crippen LogP contribution in [0.25, 0.3) is 0 Å². The molecule has 3 heteroatoms. The normalized spacial score (nSPS) is 20.1. The molecule has 0 saturated heterocycles. The number of pyridine rings is 1. The summed E-state index contributed by atoms with van der Waals surface area (Å²) in [6.45, 7) is 0. The van der Waals surface area contributed by atoms with Crippen molar-refractivity contribution in [3.63, 3.8) is 0 Å². The van der Waals surface area contributed by atoms with Gasteiger partial charge in [-0.15, -0.1) is 11.8 Å². The number of aromatic nitrogens is 1. The van der Waals surface area contributed by atoms with Crippen LogP contribution in [-0.2, 0) is 5.60 Å². The summed E-state index contributed by atoms with van der Waals surface area (Å²) in [6.07, 6.45) is 9.06. The zero-order valence-corrected chi connectivity index (χ0v) is 9.89. The lowest BCUT2D eigenvalue weighted by Gasteiger charge is -2.33. The minimum absolute atomic E-state index is 0.620. The van der Waals surface area contributed by atoms with Gasteiger partial charge < -0.3 is 5.11 Å². The Morgan fingerprint density at radius 1 is 1.33 bits per heavy atom. The third kappa shape index (κ3) is 2.18. The second-order valence-electron chi connectivity index (χ2n) is 4.15. The van der Waals surface area contributed by atoms with E-state index in [-0.39, 0.29) is 0 Å². The first-order chi connectivity index (χ1) is 7.26. The van der Waals surface area contributed by atoms with E-state index < -0.39 is 5.60 Å². The zero-order chi connectivity index (χ0) is 10.7. The molecular formula is C12H17NOS. The Morgan fingerprint density at radius 3 is 2.73 bits per heavy atom. The molecule has 1 aromatic rings. The van der Waals surface area contributed by atoms with E-state index >= 15 is 0 Å². The highest BCUT2D eigenvalue weighted by Crippen LogP contribution is 2.39. The number of nitrogens with zero attached hydrogens (tertiary/aromatic N) is 1. The van der Waals surface area contributed by atoms with E-state index in [2.05, 4.69) is 4.98 Å². The first-order valence-corrected chi connectivity index (χ1v) is 6.70. The van der Waals surface area contributed by atoms with E-state index in [0.717, 1.165) is 36.3 Å². The molecule has 2 rings (SSSR count). The Labute approximate surface area is 95.1 Å². The maximum atomic E-state index is 10.6. The van der Waals surface area contributed by atoms with Gasteiger partial charge in [-0.05, 0) is 25.2 Å². The van der Waals surface area contributed by atoms with Gasteiger partial charge in [0.05, 0.1) is 5.60 Å². The lowest BCUT2D eigenvalue weighted by atomic mass is 9.80. The largest absolute Gasteiger partial charge is 0.385 e. The summed E-state index contributed by atoms with van der Waals surface area (Å²) in [6, 6.07) is 3.94. The van der Waals surface area contributed by atoms with Gasteiger partial charge in [0.25, 0.3) is 0 Å². The molecule has 0 spiro atoms. The van der Waals surface area contributed by atoms with Crippen LogP contribution in [0.1, 0.15) is 37.7 Å². The minimum atomic E-state index is -0.620. The average Bonchev–Trinajstić information content (AvgIpc) is 2.30. The Morgan fingerprint density at radius 2 is 2.07 bits per heavy atom. The van der Waals surface area contributed by atoms with Gasteiger partial charge in [0, 0.05) is 11.8 Å². The van der Waals surface area contributed by atoms with Gasteiger partial charge in [-0.3, -0.25) is 0 Å². The monoisotopic (exact) mass is 223 g/mol. The van der Waals surface area contributed by atoms with Crippen molar-refractivity contribution in [3.05, 3.63) is 23.9 Å². The van der Waals surface area contributed by atoms with E-state index in [1.54, 1.807) is 18.0 Å². The van der Waals surface area contributed by atoms with E-state index in [4.69, 9.17) is 0 Å². The maximum absolute atomic E-state index is 10.6. The fourth-order valence-electron chi connectivity index (χ4n) is 2.31. The van der Waals surface area contributed by atoms with Crippen LogP contribution in [0, 0.1) is 0 Å². The SMILES string of the molecule is CSc1ncccc1C1(O)CCCCC1. The van der Waals surface area contributed by atoms with Gasteiger partial charge in [-0.2, -0.15) is 0 Å². The van der Waals surface area contributed by atoms with Crippen LogP contribution in [0.4, 0.5) is 0 Å². The molecule has 0 radical (unpaired) electrons. The van der Waals surface area contributed by atoms with Crippen molar-refractivity contribution >= 4 is 11.8 Å². The molecule has 1 aromatic heterocycles. The molecule has 0 aromatic carbocycles. The quantitative estimate of drug-likeness (QED) is 0.782. The van der Waals surface area contributed by atoms with Gasteiger partial charge in [-0.25, -0.2) is 4.98 Å². The molecule has 0 aliphatic heterocycles. The third-order valence-corrected chi connectivity index (χ3v) is 3.86. The van der Waals surface area contributed by atoms with Gasteiger partial charge in [-0.1, -0.05) is 25.3 Å². The fourth-order valence-corrected chi connectivity index (χ4v) is 2.96. The number of thioether (sulfide) groups is 1. The number of aliphatic hydroxyl groups is 1. The van der Waals surface area contributed by atoms with E-state index in [1.807, 2.05) is 18.4 Å². The van der Waals surface area contributed by atoms with Gasteiger partial charge in [0.15, 0.2) is 0 Å². The predicted molar refractivity (Wildman–Crippen MR) is 63.0 cm³/mol. The first kappa shape index (κ1) is 11.0. The number of rotatable bonds is 2. The second kappa shape index (κ2) is 4.54. The summed E-state index contributed by atoms with van der Waals surface area (Å²) in [5.41, 5.74) is 0.405. The summed E-state index contributed by atoms with van der Waals surface area (Å²) >= 11 is 1.62. The minimum Gasteiger partial charge on any atom is -0.385 e. The zero-order valence-electron chi connectivity index (χ0n) is 9.07. The molecule has 0 bridgehead atoms. The van der Waals surface area contributed by atoms with Crippen LogP contribution in [0.15, 0.2) is 23.4 Å². The topological polar surface area (TPSA) is 33.1 Å². The van der Waals surface area contributed by atoms with E-state index in [1.165, 1.54) is 6.42 Å². The highest BCUT2D eigenvalue weighted by Gasteiger charge is 2.33. The number of hydrogen-bond acceptors (Lipinski definition) is 3. The summed E-state index contributed by atoms with van der Waals surface area (Å²) in [5.74, 6) is 0. The summed E-state index contributed by atoms with van der Waals surface area (Å²) < 4.78 is 0. The van der Waals surface area contributed by atoms with Crippen molar-refractivity contribution < 1.29 is 5.11 Å². The van der Waals surface area contributed by atoms with E-state index in [0.29, 0.717) is 0 Å². The second-order valence-corrected chi connectivity index (χ2v) is 4.95. The van der Waals surface area contributed by atoms with Crippen LogP contribution in [0.3, 0.4) is 0 Å². The van der Waals surface area contributed by atoms with Crippen molar-refractivity contribution in [2.24, 2.45) is 0 Å². The molecular weight excluding hydrogens is 206 g/mol. The van der Waals surface area contributed by atoms with Crippen LogP contribution in [0.5, 0.6) is 0 Å². The van der Waals surface area contributed by atoms with Crippen molar-refractivity contribution in [2.75, 3.05) is 6.26 Å². The molecule has 2 nitrogen and oxygen atoms in total. The van der Waals surface area contributed by atoms with Gasteiger partial charge in [0.1, 0.15) is 5.03 Å². The lowest BCUT2D eigenvalue weighted by molar-refractivity contribution is -0.00358. The molecule has 15 heavy (non-hydrogen) atoms. The average molecular weight is 223 g/mol.